The molecule has 5 heteroatoms. The predicted molar refractivity (Wildman–Crippen MR) is 103 cm³/mol. The van der Waals surface area contributed by atoms with Crippen molar-refractivity contribution in [1.82, 2.24) is 14.9 Å². The molecule has 2 heterocycles. The largest absolute Gasteiger partial charge is 0.347 e. The van der Waals surface area contributed by atoms with Crippen molar-refractivity contribution < 1.29 is 4.79 Å². The average Bonchev–Trinajstić information content (AvgIpc) is 3.08. The number of aryl methyl sites for hydroxylation is 1. The van der Waals surface area contributed by atoms with Gasteiger partial charge in [0.2, 0.25) is 0 Å². The molecule has 4 fully saturated rings. The first-order valence-electron chi connectivity index (χ1n) is 10.4. The van der Waals surface area contributed by atoms with E-state index in [-0.39, 0.29) is 17.0 Å². The molecule has 0 unspecified atom stereocenters. The van der Waals surface area contributed by atoms with Crippen molar-refractivity contribution in [2.45, 2.75) is 63.5 Å². The van der Waals surface area contributed by atoms with Gasteiger partial charge < -0.3 is 5.32 Å². The van der Waals surface area contributed by atoms with Gasteiger partial charge in [0.1, 0.15) is 5.82 Å². The second kappa shape index (κ2) is 5.43. The highest BCUT2D eigenvalue weighted by Crippen LogP contribution is 2.55. The normalized spacial score (nSPS) is 33.4. The Morgan fingerprint density at radius 3 is 2.52 bits per heavy atom. The van der Waals surface area contributed by atoms with Gasteiger partial charge in [-0.3, -0.25) is 14.2 Å². The zero-order chi connectivity index (χ0) is 18.2. The Bertz CT molecular complexity index is 987. The standard InChI is InChI=1S/C22H25N3O2/c26-20(24-22-10-13-6-14(11-22)8-15(7-13)12-22)16-3-4-17-18(9-16)23-19-2-1-5-25(19)21(17)27/h3-4,9,13-15H,1-2,5-8,10-12H2,(H,24,26). The summed E-state index contributed by atoms with van der Waals surface area (Å²) in [6.45, 7) is 0.755. The van der Waals surface area contributed by atoms with E-state index in [4.69, 9.17) is 0 Å². The summed E-state index contributed by atoms with van der Waals surface area (Å²) in [6, 6.07) is 5.39. The van der Waals surface area contributed by atoms with Gasteiger partial charge in [-0.15, -0.1) is 0 Å². The molecule has 1 amide bonds. The number of carbonyl (C=O) groups excluding carboxylic acids is 1. The van der Waals surface area contributed by atoms with Gasteiger partial charge in [-0.25, -0.2) is 4.98 Å². The van der Waals surface area contributed by atoms with Gasteiger partial charge in [0, 0.05) is 24.1 Å². The highest BCUT2D eigenvalue weighted by atomic mass is 16.2. The zero-order valence-electron chi connectivity index (χ0n) is 15.5. The maximum Gasteiger partial charge on any atom is 0.261 e. The van der Waals surface area contributed by atoms with Crippen molar-refractivity contribution in [3.63, 3.8) is 0 Å². The van der Waals surface area contributed by atoms with Crippen molar-refractivity contribution >= 4 is 16.8 Å². The summed E-state index contributed by atoms with van der Waals surface area (Å²) in [7, 11) is 0. The minimum Gasteiger partial charge on any atom is -0.347 e. The van der Waals surface area contributed by atoms with Crippen molar-refractivity contribution in [3.05, 3.63) is 39.9 Å². The molecule has 1 aliphatic heterocycles. The number of nitrogens with one attached hydrogen (secondary N) is 1. The van der Waals surface area contributed by atoms with Crippen molar-refractivity contribution in [2.75, 3.05) is 0 Å². The summed E-state index contributed by atoms with van der Waals surface area (Å²) in [5.74, 6) is 3.26. The number of hydrogen-bond acceptors (Lipinski definition) is 3. The lowest BCUT2D eigenvalue weighted by Crippen LogP contribution is -2.59. The summed E-state index contributed by atoms with van der Waals surface area (Å²) in [4.78, 5) is 30.4. The fourth-order valence-corrected chi connectivity index (χ4v) is 6.80. The van der Waals surface area contributed by atoms with Crippen LogP contribution in [0.25, 0.3) is 10.9 Å². The lowest BCUT2D eigenvalue weighted by molar-refractivity contribution is -0.0167. The first-order chi connectivity index (χ1) is 13.1. The first-order valence-corrected chi connectivity index (χ1v) is 10.4. The highest BCUT2D eigenvalue weighted by Gasteiger charge is 2.51. The number of hydrogen-bond donors (Lipinski definition) is 1. The molecule has 5 aliphatic rings. The molecule has 1 N–H and O–H groups in total. The van der Waals surface area contributed by atoms with Gasteiger partial charge in [-0.05, 0) is 80.9 Å². The maximum absolute atomic E-state index is 13.1. The van der Waals surface area contributed by atoms with E-state index >= 15 is 0 Å². The number of carbonyl (C=O) groups is 1. The van der Waals surface area contributed by atoms with E-state index in [0.717, 1.165) is 62.2 Å². The fourth-order valence-electron chi connectivity index (χ4n) is 6.80. The van der Waals surface area contributed by atoms with E-state index in [9.17, 15) is 9.59 Å². The van der Waals surface area contributed by atoms with Gasteiger partial charge in [-0.1, -0.05) is 0 Å². The van der Waals surface area contributed by atoms with Gasteiger partial charge in [-0.2, -0.15) is 0 Å². The van der Waals surface area contributed by atoms with E-state index in [1.165, 1.54) is 19.3 Å². The van der Waals surface area contributed by atoms with Crippen molar-refractivity contribution in [1.29, 1.82) is 0 Å². The lowest BCUT2D eigenvalue weighted by Gasteiger charge is -2.56. The summed E-state index contributed by atoms with van der Waals surface area (Å²) in [6.07, 6.45) is 9.34. The van der Waals surface area contributed by atoms with Crippen LogP contribution in [0.15, 0.2) is 23.0 Å². The Kier molecular flexibility index (Phi) is 3.19. The van der Waals surface area contributed by atoms with Gasteiger partial charge in [0.25, 0.3) is 11.5 Å². The van der Waals surface area contributed by atoms with Crippen molar-refractivity contribution in [2.24, 2.45) is 17.8 Å². The van der Waals surface area contributed by atoms with E-state index in [2.05, 4.69) is 10.3 Å². The molecule has 0 saturated heterocycles. The third-order valence-electron chi connectivity index (χ3n) is 7.50. The van der Waals surface area contributed by atoms with Crippen molar-refractivity contribution in [3.8, 4) is 0 Å². The summed E-state index contributed by atoms with van der Waals surface area (Å²) < 4.78 is 1.78. The highest BCUT2D eigenvalue weighted by molar-refractivity contribution is 5.98. The van der Waals surface area contributed by atoms with Crippen LogP contribution in [0.5, 0.6) is 0 Å². The molecule has 5 nitrogen and oxygen atoms in total. The molecule has 4 aliphatic carbocycles. The van der Waals surface area contributed by atoms with Crippen LogP contribution in [-0.2, 0) is 13.0 Å². The third-order valence-corrected chi connectivity index (χ3v) is 7.50. The monoisotopic (exact) mass is 363 g/mol. The van der Waals surface area contributed by atoms with Gasteiger partial charge >= 0.3 is 0 Å². The van der Waals surface area contributed by atoms with Crippen LogP contribution in [0.4, 0.5) is 0 Å². The second-order valence-corrected chi connectivity index (χ2v) is 9.47. The number of fused-ring (bicyclic) bond motifs is 2. The number of rotatable bonds is 2. The summed E-state index contributed by atoms with van der Waals surface area (Å²) in [5.41, 5.74) is 1.33. The molecule has 0 radical (unpaired) electrons. The predicted octanol–water partition coefficient (Wildman–Crippen LogP) is 3.04. The molecule has 7 rings (SSSR count). The Morgan fingerprint density at radius 1 is 1.11 bits per heavy atom. The third kappa shape index (κ3) is 2.40. The first kappa shape index (κ1) is 15.8. The lowest BCUT2D eigenvalue weighted by atomic mass is 9.53. The Labute approximate surface area is 158 Å². The molecule has 1 aromatic heterocycles. The Morgan fingerprint density at radius 2 is 1.81 bits per heavy atom. The van der Waals surface area contributed by atoms with Gasteiger partial charge in [0.05, 0.1) is 10.9 Å². The second-order valence-electron chi connectivity index (χ2n) is 9.47. The molecule has 4 saturated carbocycles. The molecule has 4 bridgehead atoms. The number of benzene rings is 1. The van der Waals surface area contributed by atoms with Crippen LogP contribution in [0.1, 0.15) is 61.1 Å². The smallest absolute Gasteiger partial charge is 0.261 e. The van der Waals surface area contributed by atoms with Crippen LogP contribution in [0.3, 0.4) is 0 Å². The minimum atomic E-state index is 0.00116. The molecule has 27 heavy (non-hydrogen) atoms. The molecule has 0 spiro atoms. The van der Waals surface area contributed by atoms with E-state index in [1.807, 2.05) is 6.07 Å². The van der Waals surface area contributed by atoms with Crippen LogP contribution < -0.4 is 10.9 Å². The quantitative estimate of drug-likeness (QED) is 0.892. The molecule has 140 valence electrons. The summed E-state index contributed by atoms with van der Waals surface area (Å²) >= 11 is 0. The topological polar surface area (TPSA) is 64.0 Å². The average molecular weight is 363 g/mol. The number of aromatic nitrogens is 2. The molecule has 1 aromatic carbocycles. The Balaban J connectivity index is 1.33. The molecular weight excluding hydrogens is 338 g/mol. The number of amides is 1. The maximum atomic E-state index is 13.1. The molecular formula is C22H25N3O2. The van der Waals surface area contributed by atoms with Crippen LogP contribution in [-0.4, -0.2) is 21.0 Å². The van der Waals surface area contributed by atoms with E-state index < -0.39 is 0 Å². The van der Waals surface area contributed by atoms with Crippen LogP contribution in [0, 0.1) is 17.8 Å². The Hall–Kier alpha value is -2.17. The SMILES string of the molecule is O=C(NC12CC3CC(CC(C3)C1)C2)c1ccc2c(=O)n3c(nc2c1)CCC3. The minimum absolute atomic E-state index is 0.00116. The molecule has 0 atom stereocenters. The number of nitrogens with zero attached hydrogens (tertiary/aromatic N) is 2. The zero-order valence-corrected chi connectivity index (χ0v) is 15.5. The molecule has 2 aromatic rings. The van der Waals surface area contributed by atoms with E-state index in [0.29, 0.717) is 16.5 Å². The fraction of sp³-hybridized carbons (Fsp3) is 0.591. The van der Waals surface area contributed by atoms with Gasteiger partial charge in [0.15, 0.2) is 0 Å². The summed E-state index contributed by atoms with van der Waals surface area (Å²) in [5, 5.41) is 4.04. The van der Waals surface area contributed by atoms with Crippen LogP contribution >= 0.6 is 0 Å². The van der Waals surface area contributed by atoms with E-state index in [1.54, 1.807) is 16.7 Å². The van der Waals surface area contributed by atoms with Crippen LogP contribution in [0.2, 0.25) is 0 Å².